The summed E-state index contributed by atoms with van der Waals surface area (Å²) in [5.74, 6) is 0.466. The van der Waals surface area contributed by atoms with E-state index in [4.69, 9.17) is 0 Å². The number of hydrogen-bond acceptors (Lipinski definition) is 3. The minimum atomic E-state index is -3.34. The molecule has 2 fully saturated rings. The maximum absolute atomic E-state index is 12.4. The molecule has 126 valence electrons. The van der Waals surface area contributed by atoms with Gasteiger partial charge in [0.15, 0.2) is 0 Å². The highest BCUT2D eigenvalue weighted by molar-refractivity contribution is 7.87. The van der Waals surface area contributed by atoms with Gasteiger partial charge in [0.2, 0.25) is 0 Å². The first-order valence-electron chi connectivity index (χ1n) is 8.62. The fraction of sp³-hybridized carbons (Fsp3) is 0.647. The summed E-state index contributed by atoms with van der Waals surface area (Å²) in [6.07, 6.45) is 4.15. The summed E-state index contributed by atoms with van der Waals surface area (Å²) < 4.78 is 29.1. The van der Waals surface area contributed by atoms with Gasteiger partial charge in [-0.3, -0.25) is 4.90 Å². The molecule has 6 heteroatoms. The van der Waals surface area contributed by atoms with Crippen LogP contribution in [0.15, 0.2) is 24.3 Å². The summed E-state index contributed by atoms with van der Waals surface area (Å²) in [6, 6.07) is 9.17. The Kier molecular flexibility index (Phi) is 3.96. The Bertz CT molecular complexity index is 691. The van der Waals surface area contributed by atoms with Crippen LogP contribution in [0.5, 0.6) is 0 Å². The Labute approximate surface area is 138 Å². The van der Waals surface area contributed by atoms with Gasteiger partial charge < -0.3 is 0 Å². The molecule has 0 aromatic heterocycles. The largest absolute Gasteiger partial charge is 0.296 e. The van der Waals surface area contributed by atoms with Crippen LogP contribution >= 0.6 is 0 Å². The molecule has 0 saturated carbocycles. The Morgan fingerprint density at radius 3 is 2.87 bits per heavy atom. The zero-order valence-corrected chi connectivity index (χ0v) is 14.4. The van der Waals surface area contributed by atoms with Crippen LogP contribution in [0.25, 0.3) is 0 Å². The predicted octanol–water partition coefficient (Wildman–Crippen LogP) is 1.53. The van der Waals surface area contributed by atoms with E-state index in [-0.39, 0.29) is 6.04 Å². The van der Waals surface area contributed by atoms with Crippen molar-refractivity contribution in [3.8, 4) is 0 Å². The highest BCUT2D eigenvalue weighted by Gasteiger charge is 2.45. The fourth-order valence-electron chi connectivity index (χ4n) is 4.77. The summed E-state index contributed by atoms with van der Waals surface area (Å²) >= 11 is 0. The molecule has 0 bridgehead atoms. The average molecular weight is 335 g/mol. The molecule has 3 aliphatic heterocycles. The quantitative estimate of drug-likeness (QED) is 0.892. The third kappa shape index (κ3) is 2.61. The number of nitrogens with zero attached hydrogens (tertiary/aromatic N) is 2. The molecular weight excluding hydrogens is 310 g/mol. The summed E-state index contributed by atoms with van der Waals surface area (Å²) in [5, 5.41) is 0. The van der Waals surface area contributed by atoms with Crippen molar-refractivity contribution < 1.29 is 8.42 Å². The molecule has 23 heavy (non-hydrogen) atoms. The highest BCUT2D eigenvalue weighted by atomic mass is 32.2. The van der Waals surface area contributed by atoms with Gasteiger partial charge in [-0.1, -0.05) is 24.3 Å². The van der Waals surface area contributed by atoms with Gasteiger partial charge in [0.05, 0.1) is 0 Å². The van der Waals surface area contributed by atoms with Crippen molar-refractivity contribution in [3.63, 3.8) is 0 Å². The number of hydrogen-bond donors (Lipinski definition) is 1. The molecule has 3 aliphatic rings. The Balaban J connectivity index is 1.66. The van der Waals surface area contributed by atoms with Crippen molar-refractivity contribution in [1.82, 2.24) is 13.9 Å². The summed E-state index contributed by atoms with van der Waals surface area (Å²) in [7, 11) is -1.82. The van der Waals surface area contributed by atoms with Crippen molar-refractivity contribution in [2.75, 3.05) is 26.7 Å². The van der Waals surface area contributed by atoms with Crippen LogP contribution in [0.3, 0.4) is 0 Å². The summed E-state index contributed by atoms with van der Waals surface area (Å²) in [4.78, 5) is 2.58. The number of rotatable bonds is 2. The lowest BCUT2D eigenvalue weighted by Gasteiger charge is -2.51. The second-order valence-electron chi connectivity index (χ2n) is 6.98. The van der Waals surface area contributed by atoms with E-state index in [0.717, 1.165) is 38.8 Å². The van der Waals surface area contributed by atoms with Gasteiger partial charge in [-0.25, -0.2) is 4.72 Å². The van der Waals surface area contributed by atoms with E-state index in [0.29, 0.717) is 18.5 Å². The van der Waals surface area contributed by atoms with Crippen LogP contribution in [0.2, 0.25) is 0 Å². The van der Waals surface area contributed by atoms with Gasteiger partial charge in [-0.15, -0.1) is 0 Å². The van der Waals surface area contributed by atoms with Gasteiger partial charge >= 0.3 is 0 Å². The van der Waals surface area contributed by atoms with Crippen molar-refractivity contribution >= 4 is 10.2 Å². The molecule has 5 nitrogen and oxygen atoms in total. The monoisotopic (exact) mass is 335 g/mol. The number of fused-ring (bicyclic) bond motifs is 4. The maximum Gasteiger partial charge on any atom is 0.279 e. The van der Waals surface area contributed by atoms with E-state index in [1.54, 1.807) is 4.31 Å². The van der Waals surface area contributed by atoms with E-state index in [2.05, 4.69) is 33.9 Å². The van der Waals surface area contributed by atoms with Gasteiger partial charge in [-0.05, 0) is 42.7 Å². The lowest BCUT2D eigenvalue weighted by atomic mass is 9.77. The number of piperidine rings is 2. The third-order valence-electron chi connectivity index (χ3n) is 5.89. The molecular formula is C17H25N3O2S. The summed E-state index contributed by atoms with van der Waals surface area (Å²) in [5.41, 5.74) is 2.84. The summed E-state index contributed by atoms with van der Waals surface area (Å²) in [6.45, 7) is 2.78. The van der Waals surface area contributed by atoms with E-state index in [9.17, 15) is 8.42 Å². The van der Waals surface area contributed by atoms with Crippen LogP contribution in [-0.2, 0) is 16.6 Å². The van der Waals surface area contributed by atoms with Crippen LogP contribution in [0, 0.1) is 5.92 Å². The molecule has 0 spiro atoms. The van der Waals surface area contributed by atoms with Crippen LogP contribution in [0.4, 0.5) is 0 Å². The first-order chi connectivity index (χ1) is 11.1. The Hall–Kier alpha value is -0.950. The van der Waals surface area contributed by atoms with E-state index < -0.39 is 10.2 Å². The van der Waals surface area contributed by atoms with Gasteiger partial charge in [-0.2, -0.15) is 12.7 Å². The van der Waals surface area contributed by atoms with Gasteiger partial charge in [0, 0.05) is 38.8 Å². The van der Waals surface area contributed by atoms with Crippen molar-refractivity contribution in [3.05, 3.63) is 35.4 Å². The molecule has 1 aromatic rings. The molecule has 0 aliphatic carbocycles. The molecule has 0 radical (unpaired) electrons. The molecule has 4 rings (SSSR count). The Morgan fingerprint density at radius 1 is 1.22 bits per heavy atom. The van der Waals surface area contributed by atoms with Crippen LogP contribution in [-0.4, -0.2) is 50.3 Å². The lowest BCUT2D eigenvalue weighted by molar-refractivity contribution is 0.0216. The van der Waals surface area contributed by atoms with Crippen molar-refractivity contribution in [2.24, 2.45) is 5.92 Å². The van der Waals surface area contributed by atoms with Crippen molar-refractivity contribution in [2.45, 2.75) is 37.8 Å². The number of nitrogens with one attached hydrogen (secondary N) is 1. The Morgan fingerprint density at radius 2 is 2.04 bits per heavy atom. The second-order valence-corrected chi connectivity index (χ2v) is 8.81. The third-order valence-corrected chi connectivity index (χ3v) is 7.48. The smallest absolute Gasteiger partial charge is 0.279 e. The fourth-order valence-corrected chi connectivity index (χ4v) is 5.99. The van der Waals surface area contributed by atoms with Gasteiger partial charge in [0.25, 0.3) is 10.2 Å². The molecule has 3 atom stereocenters. The maximum atomic E-state index is 12.4. The van der Waals surface area contributed by atoms with E-state index in [1.165, 1.54) is 18.2 Å². The molecule has 0 amide bonds. The second kappa shape index (κ2) is 5.84. The molecule has 1 N–H and O–H groups in total. The predicted molar refractivity (Wildman–Crippen MR) is 90.3 cm³/mol. The first-order valence-corrected chi connectivity index (χ1v) is 10.1. The van der Waals surface area contributed by atoms with Crippen LogP contribution < -0.4 is 4.72 Å². The molecule has 0 unspecified atom stereocenters. The lowest BCUT2D eigenvalue weighted by Crippen LogP contribution is -2.58. The van der Waals surface area contributed by atoms with E-state index >= 15 is 0 Å². The van der Waals surface area contributed by atoms with Gasteiger partial charge in [0.1, 0.15) is 0 Å². The topological polar surface area (TPSA) is 52.7 Å². The number of benzene rings is 1. The first kappa shape index (κ1) is 15.6. The van der Waals surface area contributed by atoms with E-state index in [1.807, 2.05) is 0 Å². The van der Waals surface area contributed by atoms with Crippen LogP contribution in [0.1, 0.15) is 36.4 Å². The minimum absolute atomic E-state index is 0.133. The zero-order chi connectivity index (χ0) is 16.0. The molecule has 3 heterocycles. The highest BCUT2D eigenvalue weighted by Crippen LogP contribution is 2.43. The normalized spacial score (nSPS) is 32.0. The standard InChI is InChI=1S/C17H25N3O2S/c1-18-23(21,22)20-9-4-6-14-12-19-10-8-13-5-2-3-7-15(13)17(19)11-16(14)20/h2-3,5,7,14,16-18H,4,6,8-12H2,1H3/t14-,16+,17-/m1/s1. The minimum Gasteiger partial charge on any atom is -0.296 e. The zero-order valence-electron chi connectivity index (χ0n) is 13.6. The molecule has 2 saturated heterocycles. The molecule has 1 aromatic carbocycles. The average Bonchev–Trinajstić information content (AvgIpc) is 2.59. The SMILES string of the molecule is CNS(=O)(=O)N1CCC[C@@H]2CN3CCc4ccccc4[C@H]3C[C@@H]21. The van der Waals surface area contributed by atoms with Crippen molar-refractivity contribution in [1.29, 1.82) is 0 Å².